The van der Waals surface area contributed by atoms with Gasteiger partial charge in [-0.3, -0.25) is 4.79 Å². The van der Waals surface area contributed by atoms with E-state index in [1.807, 2.05) is 30.3 Å². The van der Waals surface area contributed by atoms with Gasteiger partial charge in [0.05, 0.1) is 18.7 Å². The summed E-state index contributed by atoms with van der Waals surface area (Å²) in [7, 11) is 0. The van der Waals surface area contributed by atoms with Crippen molar-refractivity contribution in [2.75, 3.05) is 19.8 Å². The minimum Gasteiger partial charge on any atom is -0.448 e. The molecular formula is C20H31N7O5. The van der Waals surface area contributed by atoms with E-state index in [9.17, 15) is 9.59 Å². The molecule has 0 spiro atoms. The van der Waals surface area contributed by atoms with Gasteiger partial charge < -0.3 is 30.9 Å². The molecule has 0 fully saturated rings. The van der Waals surface area contributed by atoms with Crippen LogP contribution >= 0.6 is 0 Å². The summed E-state index contributed by atoms with van der Waals surface area (Å²) in [5.74, 6) is -0.200. The Kier molecular flexibility index (Phi) is 9.98. The molecule has 0 aliphatic heterocycles. The van der Waals surface area contributed by atoms with E-state index in [4.69, 9.17) is 20.3 Å². The Labute approximate surface area is 186 Å². The molecule has 1 unspecified atom stereocenters. The molecule has 32 heavy (non-hydrogen) atoms. The molecule has 1 heterocycles. The maximum absolute atomic E-state index is 12.5. The first kappa shape index (κ1) is 25.2. The lowest BCUT2D eigenvalue weighted by molar-refractivity contribution is -0.130. The molecule has 5 N–H and O–H groups in total. The number of ether oxygens (including phenoxy) is 2. The van der Waals surface area contributed by atoms with Gasteiger partial charge in [0.15, 0.2) is 6.23 Å². The van der Waals surface area contributed by atoms with Gasteiger partial charge in [0.2, 0.25) is 11.7 Å². The zero-order valence-electron chi connectivity index (χ0n) is 18.4. The van der Waals surface area contributed by atoms with Crippen LogP contribution in [0.25, 0.3) is 0 Å². The van der Waals surface area contributed by atoms with Crippen LogP contribution in [-0.4, -0.2) is 62.6 Å². The highest BCUT2D eigenvalue weighted by molar-refractivity contribution is 5.85. The molecule has 1 aromatic heterocycles. The minimum atomic E-state index is -1.14. The Balaban J connectivity index is 1.99. The lowest BCUT2D eigenvalue weighted by Gasteiger charge is -2.24. The topological polar surface area (TPSA) is 167 Å². The Morgan fingerprint density at radius 3 is 2.69 bits per heavy atom. The number of unbranched alkanes of at least 4 members (excludes halogenated alkanes) is 1. The molecule has 1 aromatic carbocycles. The number of nitrogens with one attached hydrogen (secondary N) is 2. The molecule has 2 aromatic rings. The van der Waals surface area contributed by atoms with Gasteiger partial charge in [-0.2, -0.15) is 0 Å². The largest absolute Gasteiger partial charge is 0.448 e. The Bertz CT molecular complexity index is 838. The number of alkyl carbamates (subject to hydrolysis) is 1. The monoisotopic (exact) mass is 449 g/mol. The summed E-state index contributed by atoms with van der Waals surface area (Å²) in [6.07, 6.45) is -0.287. The van der Waals surface area contributed by atoms with Gasteiger partial charge in [-0.25, -0.2) is 9.48 Å². The van der Waals surface area contributed by atoms with Crippen molar-refractivity contribution < 1.29 is 24.2 Å². The predicted octanol–water partition coefficient (Wildman–Crippen LogP) is 0.241. The summed E-state index contributed by atoms with van der Waals surface area (Å²) in [4.78, 5) is 24.2. The lowest BCUT2D eigenvalue weighted by atomic mass is 10.1. The average molecular weight is 450 g/mol. The van der Waals surface area contributed by atoms with Gasteiger partial charge in [-0.15, -0.1) is 5.10 Å². The van der Waals surface area contributed by atoms with Crippen molar-refractivity contribution in [1.82, 2.24) is 30.8 Å². The van der Waals surface area contributed by atoms with Crippen molar-refractivity contribution in [2.24, 2.45) is 5.73 Å². The second-order valence-corrected chi connectivity index (χ2v) is 7.63. The molecule has 176 valence electrons. The molecule has 1 atom stereocenters. The predicted molar refractivity (Wildman–Crippen MR) is 114 cm³/mol. The number of aliphatic hydroxyl groups is 1. The Morgan fingerprint density at radius 2 is 2.00 bits per heavy atom. The number of nitrogens with zero attached hydrogens (tertiary/aromatic N) is 4. The standard InChI is InChI=1S/C20H31N7O5/c1-20(2,21)18(29)23-17(32-14-15-8-4-3-5-9-15)16-24-25-26-27(16)11-13-31-19(30)22-10-6-7-12-28/h3-5,8-9,17,28H,6-7,10-14,21H2,1-2H3,(H,22,30)(H,23,29). The molecule has 0 aliphatic rings. The molecule has 0 bridgehead atoms. The second-order valence-electron chi connectivity index (χ2n) is 7.63. The molecule has 0 radical (unpaired) electrons. The Hall–Kier alpha value is -3.09. The van der Waals surface area contributed by atoms with Crippen molar-refractivity contribution in [1.29, 1.82) is 0 Å². The minimum absolute atomic E-state index is 0.00556. The van der Waals surface area contributed by atoms with E-state index in [0.29, 0.717) is 19.4 Å². The molecular weight excluding hydrogens is 418 g/mol. The Morgan fingerprint density at radius 1 is 1.25 bits per heavy atom. The number of nitrogens with two attached hydrogens (primary N) is 1. The van der Waals surface area contributed by atoms with E-state index in [1.54, 1.807) is 13.8 Å². The van der Waals surface area contributed by atoms with E-state index >= 15 is 0 Å². The van der Waals surface area contributed by atoms with Gasteiger partial charge in [0, 0.05) is 13.2 Å². The number of hydrogen-bond donors (Lipinski definition) is 4. The molecule has 12 nitrogen and oxygen atoms in total. The highest BCUT2D eigenvalue weighted by atomic mass is 16.5. The highest BCUT2D eigenvalue weighted by Crippen LogP contribution is 2.15. The molecule has 0 saturated carbocycles. The van der Waals surface area contributed by atoms with Crippen LogP contribution in [0, 0.1) is 0 Å². The third-order valence-corrected chi connectivity index (χ3v) is 4.29. The number of tetrazole rings is 1. The lowest BCUT2D eigenvalue weighted by Crippen LogP contribution is -2.50. The summed E-state index contributed by atoms with van der Waals surface area (Å²) in [5, 5.41) is 25.6. The van der Waals surface area contributed by atoms with Crippen LogP contribution in [0.2, 0.25) is 0 Å². The van der Waals surface area contributed by atoms with E-state index in [0.717, 1.165) is 5.56 Å². The zero-order chi connectivity index (χ0) is 23.4. The van der Waals surface area contributed by atoms with Crippen LogP contribution in [0.15, 0.2) is 30.3 Å². The maximum Gasteiger partial charge on any atom is 0.407 e. The summed E-state index contributed by atoms with van der Waals surface area (Å²) in [5.41, 5.74) is 5.66. The first-order valence-electron chi connectivity index (χ1n) is 10.3. The van der Waals surface area contributed by atoms with E-state index in [1.165, 1.54) is 4.68 Å². The van der Waals surface area contributed by atoms with Gasteiger partial charge in [0.1, 0.15) is 6.61 Å². The number of hydrogen-bond acceptors (Lipinski definition) is 9. The van der Waals surface area contributed by atoms with Crippen molar-refractivity contribution >= 4 is 12.0 Å². The molecule has 12 heteroatoms. The van der Waals surface area contributed by atoms with Crippen LogP contribution in [0.1, 0.15) is 44.3 Å². The van der Waals surface area contributed by atoms with Crippen molar-refractivity contribution in [3.63, 3.8) is 0 Å². The number of benzene rings is 1. The number of aromatic nitrogens is 4. The first-order valence-corrected chi connectivity index (χ1v) is 10.3. The smallest absolute Gasteiger partial charge is 0.407 e. The molecule has 2 amide bonds. The normalized spacial score (nSPS) is 12.2. The van der Waals surface area contributed by atoms with Gasteiger partial charge in [0.25, 0.3) is 0 Å². The fourth-order valence-corrected chi connectivity index (χ4v) is 2.50. The third-order valence-electron chi connectivity index (χ3n) is 4.29. The summed E-state index contributed by atoms with van der Waals surface area (Å²) in [6.45, 7) is 4.00. The second kappa shape index (κ2) is 12.7. The number of rotatable bonds is 13. The third kappa shape index (κ3) is 8.57. The number of carbonyl (C=O) groups is 2. The summed E-state index contributed by atoms with van der Waals surface area (Å²) in [6, 6.07) is 9.43. The molecule has 0 saturated heterocycles. The number of carbonyl (C=O) groups excluding carboxylic acids is 2. The van der Waals surface area contributed by atoms with Crippen molar-refractivity contribution in [3.05, 3.63) is 41.7 Å². The van der Waals surface area contributed by atoms with Crippen LogP contribution in [0.5, 0.6) is 0 Å². The van der Waals surface area contributed by atoms with Gasteiger partial charge in [-0.1, -0.05) is 30.3 Å². The SMILES string of the molecule is CC(C)(N)C(=O)NC(OCc1ccccc1)c1nnnn1CCOC(=O)NCCCCO. The van der Waals surface area contributed by atoms with Crippen molar-refractivity contribution in [3.8, 4) is 0 Å². The molecule has 2 rings (SSSR count). The fourth-order valence-electron chi connectivity index (χ4n) is 2.50. The van der Waals surface area contributed by atoms with Gasteiger partial charge >= 0.3 is 6.09 Å². The average Bonchev–Trinajstić information content (AvgIpc) is 3.22. The van der Waals surface area contributed by atoms with Crippen molar-refractivity contribution in [2.45, 2.75) is 51.6 Å². The number of amides is 2. The van der Waals surface area contributed by atoms with E-state index in [2.05, 4.69) is 26.2 Å². The molecule has 0 aliphatic carbocycles. The van der Waals surface area contributed by atoms with Crippen LogP contribution in [0.3, 0.4) is 0 Å². The zero-order valence-corrected chi connectivity index (χ0v) is 18.4. The number of aliphatic hydroxyl groups excluding tert-OH is 1. The van der Waals surface area contributed by atoms with Crippen LogP contribution in [0.4, 0.5) is 4.79 Å². The van der Waals surface area contributed by atoms with Gasteiger partial charge in [-0.05, 0) is 42.7 Å². The first-order chi connectivity index (χ1) is 15.3. The van der Waals surface area contributed by atoms with E-state index < -0.39 is 23.8 Å². The van der Waals surface area contributed by atoms with Crippen LogP contribution < -0.4 is 16.4 Å². The fraction of sp³-hybridized carbons (Fsp3) is 0.550. The van der Waals surface area contributed by atoms with E-state index in [-0.39, 0.29) is 32.2 Å². The maximum atomic E-state index is 12.5. The quantitative estimate of drug-likeness (QED) is 0.247. The highest BCUT2D eigenvalue weighted by Gasteiger charge is 2.28. The van der Waals surface area contributed by atoms with Crippen LogP contribution in [-0.2, 0) is 27.4 Å². The summed E-state index contributed by atoms with van der Waals surface area (Å²) < 4.78 is 12.4. The summed E-state index contributed by atoms with van der Waals surface area (Å²) >= 11 is 0.